The molecule has 1 heterocycles. The highest BCUT2D eigenvalue weighted by Gasteiger charge is 2.32. The zero-order chi connectivity index (χ0) is 20.3. The van der Waals surface area contributed by atoms with E-state index in [1.54, 1.807) is 37.4 Å². The van der Waals surface area contributed by atoms with Crippen LogP contribution in [0.5, 0.6) is 5.75 Å². The summed E-state index contributed by atoms with van der Waals surface area (Å²) >= 11 is 0. The number of ether oxygens (including phenoxy) is 1. The molecule has 0 N–H and O–H groups in total. The molecular formula is C23H25NO4. The molecule has 0 saturated carbocycles. The van der Waals surface area contributed by atoms with Crippen molar-refractivity contribution < 1.29 is 19.1 Å². The number of rotatable bonds is 5. The molecule has 1 aliphatic rings. The van der Waals surface area contributed by atoms with E-state index in [4.69, 9.17) is 4.74 Å². The second kappa shape index (κ2) is 8.38. The number of hydrogen-bond acceptors (Lipinski definition) is 4. The summed E-state index contributed by atoms with van der Waals surface area (Å²) in [6.45, 7) is 4.61. The summed E-state index contributed by atoms with van der Waals surface area (Å²) in [5.41, 5.74) is 2.83. The molecule has 1 amide bonds. The van der Waals surface area contributed by atoms with E-state index in [0.29, 0.717) is 30.5 Å². The monoisotopic (exact) mass is 379 g/mol. The van der Waals surface area contributed by atoms with Crippen molar-refractivity contribution in [2.45, 2.75) is 26.7 Å². The van der Waals surface area contributed by atoms with E-state index in [-0.39, 0.29) is 18.2 Å². The molecule has 0 aliphatic carbocycles. The molecule has 2 aromatic rings. The number of Topliss-reactive ketones (excluding diaryl/α,β-unsaturated/α-hetero) is 2. The zero-order valence-corrected chi connectivity index (χ0v) is 16.5. The number of carbonyl (C=O) groups is 3. The molecular weight excluding hydrogens is 354 g/mol. The zero-order valence-electron chi connectivity index (χ0n) is 16.5. The lowest BCUT2D eigenvalue weighted by molar-refractivity contribution is -0.127. The van der Waals surface area contributed by atoms with Gasteiger partial charge in [0.25, 0.3) is 5.91 Å². The van der Waals surface area contributed by atoms with Gasteiger partial charge in [-0.3, -0.25) is 14.4 Å². The van der Waals surface area contributed by atoms with Gasteiger partial charge < -0.3 is 9.64 Å². The Balaban J connectivity index is 1.75. The molecule has 1 saturated heterocycles. The lowest BCUT2D eigenvalue weighted by Gasteiger charge is -2.31. The van der Waals surface area contributed by atoms with Gasteiger partial charge >= 0.3 is 0 Å². The van der Waals surface area contributed by atoms with Gasteiger partial charge in [0.2, 0.25) is 5.78 Å². The van der Waals surface area contributed by atoms with E-state index in [1.165, 1.54) is 4.90 Å². The molecule has 0 spiro atoms. The van der Waals surface area contributed by atoms with Crippen LogP contribution in [0.25, 0.3) is 0 Å². The van der Waals surface area contributed by atoms with Crippen LogP contribution in [-0.4, -0.2) is 42.6 Å². The fraction of sp³-hybridized carbons (Fsp3) is 0.348. The van der Waals surface area contributed by atoms with Crippen molar-refractivity contribution in [1.29, 1.82) is 0 Å². The van der Waals surface area contributed by atoms with Crippen molar-refractivity contribution in [3.05, 3.63) is 64.7 Å². The Hall–Kier alpha value is -2.95. The first kappa shape index (κ1) is 19.8. The van der Waals surface area contributed by atoms with Crippen LogP contribution in [0.15, 0.2) is 42.5 Å². The van der Waals surface area contributed by atoms with Gasteiger partial charge in [-0.15, -0.1) is 0 Å². The molecule has 3 rings (SSSR count). The summed E-state index contributed by atoms with van der Waals surface area (Å²) < 4.78 is 5.37. The summed E-state index contributed by atoms with van der Waals surface area (Å²) in [5, 5.41) is 0. The Morgan fingerprint density at radius 1 is 1.00 bits per heavy atom. The van der Waals surface area contributed by atoms with Crippen LogP contribution in [-0.2, 0) is 4.79 Å². The van der Waals surface area contributed by atoms with Gasteiger partial charge in [-0.1, -0.05) is 30.3 Å². The van der Waals surface area contributed by atoms with Gasteiger partial charge in [0.1, 0.15) is 5.75 Å². The Bertz CT molecular complexity index is 881. The standard InChI is InChI=1S/C23H25NO4/c1-15-12-19(13-16(2)22(15)28-3)20(25)18-10-7-11-24(14-18)23(27)21(26)17-8-5-4-6-9-17/h4-6,8-9,12-13,18H,7,10-11,14H2,1-3H3. The lowest BCUT2D eigenvalue weighted by Crippen LogP contribution is -2.45. The van der Waals surface area contributed by atoms with Crippen LogP contribution in [0.2, 0.25) is 0 Å². The Morgan fingerprint density at radius 3 is 2.25 bits per heavy atom. The number of nitrogens with zero attached hydrogens (tertiary/aromatic N) is 1. The second-order valence-electron chi connectivity index (χ2n) is 7.29. The number of carbonyl (C=O) groups excluding carboxylic acids is 3. The molecule has 1 atom stereocenters. The summed E-state index contributed by atoms with van der Waals surface area (Å²) in [6.07, 6.45) is 1.42. The third-order valence-corrected chi connectivity index (χ3v) is 5.26. The van der Waals surface area contributed by atoms with Crippen molar-refractivity contribution in [2.75, 3.05) is 20.2 Å². The Morgan fingerprint density at radius 2 is 1.64 bits per heavy atom. The number of hydrogen-bond donors (Lipinski definition) is 0. The maximum absolute atomic E-state index is 13.0. The number of ketones is 2. The third kappa shape index (κ3) is 3.98. The van der Waals surface area contributed by atoms with Crippen molar-refractivity contribution in [2.24, 2.45) is 5.92 Å². The maximum atomic E-state index is 13.0. The number of methoxy groups -OCH3 is 1. The predicted octanol–water partition coefficient (Wildman–Crippen LogP) is 3.62. The quantitative estimate of drug-likeness (QED) is 0.588. The van der Waals surface area contributed by atoms with E-state index < -0.39 is 11.7 Å². The van der Waals surface area contributed by atoms with Crippen LogP contribution < -0.4 is 4.74 Å². The van der Waals surface area contributed by atoms with Crippen molar-refractivity contribution in [3.63, 3.8) is 0 Å². The van der Waals surface area contributed by atoms with Crippen molar-refractivity contribution in [1.82, 2.24) is 4.90 Å². The van der Waals surface area contributed by atoms with Gasteiger partial charge in [-0.25, -0.2) is 0 Å². The molecule has 146 valence electrons. The molecule has 1 aliphatic heterocycles. The minimum Gasteiger partial charge on any atom is -0.496 e. The second-order valence-corrected chi connectivity index (χ2v) is 7.29. The minimum absolute atomic E-state index is 0.0125. The highest BCUT2D eigenvalue weighted by Crippen LogP contribution is 2.28. The van der Waals surface area contributed by atoms with Gasteiger partial charge in [-0.2, -0.15) is 0 Å². The summed E-state index contributed by atoms with van der Waals surface area (Å²) in [4.78, 5) is 39.7. The van der Waals surface area contributed by atoms with Crippen LogP contribution in [0.1, 0.15) is 44.7 Å². The van der Waals surface area contributed by atoms with Gasteiger partial charge in [0.15, 0.2) is 5.78 Å². The topological polar surface area (TPSA) is 63.7 Å². The number of benzene rings is 2. The van der Waals surface area contributed by atoms with Gasteiger partial charge in [-0.05, 0) is 49.9 Å². The number of piperidine rings is 1. The first-order chi connectivity index (χ1) is 13.4. The predicted molar refractivity (Wildman–Crippen MR) is 107 cm³/mol. The number of amides is 1. The lowest BCUT2D eigenvalue weighted by atomic mass is 9.88. The van der Waals surface area contributed by atoms with E-state index in [9.17, 15) is 14.4 Å². The van der Waals surface area contributed by atoms with E-state index in [2.05, 4.69) is 0 Å². The highest BCUT2D eigenvalue weighted by atomic mass is 16.5. The average molecular weight is 379 g/mol. The van der Waals surface area contributed by atoms with E-state index in [1.807, 2.05) is 26.0 Å². The first-order valence-corrected chi connectivity index (χ1v) is 9.50. The smallest absolute Gasteiger partial charge is 0.294 e. The first-order valence-electron chi connectivity index (χ1n) is 9.50. The molecule has 5 heteroatoms. The van der Waals surface area contributed by atoms with E-state index >= 15 is 0 Å². The van der Waals surface area contributed by atoms with Gasteiger partial charge in [0, 0.05) is 30.1 Å². The van der Waals surface area contributed by atoms with Gasteiger partial charge in [0.05, 0.1) is 7.11 Å². The summed E-state index contributed by atoms with van der Waals surface area (Å²) in [7, 11) is 1.62. The molecule has 2 aromatic carbocycles. The fourth-order valence-corrected chi connectivity index (χ4v) is 3.88. The minimum atomic E-state index is -0.536. The molecule has 28 heavy (non-hydrogen) atoms. The van der Waals surface area contributed by atoms with E-state index in [0.717, 1.165) is 16.9 Å². The largest absolute Gasteiger partial charge is 0.496 e. The van der Waals surface area contributed by atoms with Crippen molar-refractivity contribution >= 4 is 17.5 Å². The summed E-state index contributed by atoms with van der Waals surface area (Å²) in [5.74, 6) is -0.562. The molecule has 5 nitrogen and oxygen atoms in total. The fourth-order valence-electron chi connectivity index (χ4n) is 3.88. The van der Waals surface area contributed by atoms with Crippen molar-refractivity contribution in [3.8, 4) is 5.75 Å². The van der Waals surface area contributed by atoms with Crippen LogP contribution in [0.3, 0.4) is 0 Å². The Kier molecular flexibility index (Phi) is 5.93. The molecule has 0 bridgehead atoms. The SMILES string of the molecule is COc1c(C)cc(C(=O)C2CCCN(C(=O)C(=O)c3ccccc3)C2)cc1C. The molecule has 0 aromatic heterocycles. The van der Waals surface area contributed by atoms with Crippen LogP contribution >= 0.6 is 0 Å². The highest BCUT2D eigenvalue weighted by molar-refractivity contribution is 6.42. The molecule has 1 unspecified atom stereocenters. The number of aryl methyl sites for hydroxylation is 2. The van der Waals surface area contributed by atoms with Crippen LogP contribution in [0.4, 0.5) is 0 Å². The molecule has 0 radical (unpaired) electrons. The molecule has 1 fully saturated rings. The average Bonchev–Trinajstić information content (AvgIpc) is 2.72. The third-order valence-electron chi connectivity index (χ3n) is 5.26. The maximum Gasteiger partial charge on any atom is 0.294 e. The normalized spacial score (nSPS) is 16.5. The Labute approximate surface area is 165 Å². The van der Waals surface area contributed by atoms with Crippen LogP contribution in [0, 0.1) is 19.8 Å². The summed E-state index contributed by atoms with van der Waals surface area (Å²) in [6, 6.07) is 12.2. The number of likely N-dealkylation sites (tertiary alicyclic amines) is 1.